The van der Waals surface area contributed by atoms with Crippen molar-refractivity contribution < 1.29 is 0 Å². The van der Waals surface area contributed by atoms with E-state index in [-0.39, 0.29) is 0 Å². The Morgan fingerprint density at radius 1 is 0.923 bits per heavy atom. The van der Waals surface area contributed by atoms with E-state index in [1.165, 1.54) is 28.1 Å². The Morgan fingerprint density at radius 2 is 1.81 bits per heavy atom. The first kappa shape index (κ1) is 16.9. The van der Waals surface area contributed by atoms with Crippen LogP contribution >= 0.6 is 0 Å². The summed E-state index contributed by atoms with van der Waals surface area (Å²) in [6.45, 7) is 2.15. The molecule has 1 atom stereocenters. The van der Waals surface area contributed by atoms with Gasteiger partial charge in [0.15, 0.2) is 0 Å². The van der Waals surface area contributed by atoms with Crippen molar-refractivity contribution in [2.45, 2.75) is 45.1 Å². The first-order valence-electron chi connectivity index (χ1n) is 9.77. The zero-order valence-electron chi connectivity index (χ0n) is 15.6. The molecule has 0 heterocycles. The molecule has 1 aromatic carbocycles. The maximum atomic E-state index is 2.55. The number of allylic oxidation sites excluding steroid dienone is 9. The van der Waals surface area contributed by atoms with Gasteiger partial charge in [-0.25, -0.2) is 0 Å². The summed E-state index contributed by atoms with van der Waals surface area (Å²) in [4.78, 5) is 2.55. The minimum absolute atomic E-state index is 0.426. The molecule has 26 heavy (non-hydrogen) atoms. The Bertz CT molecular complexity index is 827. The van der Waals surface area contributed by atoms with E-state index in [2.05, 4.69) is 90.8 Å². The van der Waals surface area contributed by atoms with Crippen LogP contribution in [0.4, 0.5) is 0 Å². The first-order chi connectivity index (χ1) is 12.8. The molecule has 1 unspecified atom stereocenters. The zero-order valence-corrected chi connectivity index (χ0v) is 15.6. The van der Waals surface area contributed by atoms with Crippen molar-refractivity contribution in [1.29, 1.82) is 0 Å². The summed E-state index contributed by atoms with van der Waals surface area (Å²) in [7, 11) is 0. The van der Waals surface area contributed by atoms with Crippen LogP contribution in [0.25, 0.3) is 5.57 Å². The lowest BCUT2D eigenvalue weighted by Crippen LogP contribution is -2.33. The van der Waals surface area contributed by atoms with Gasteiger partial charge in [0.2, 0.25) is 0 Å². The minimum atomic E-state index is 0.426. The first-order valence-corrected chi connectivity index (χ1v) is 9.77. The highest BCUT2D eigenvalue weighted by Gasteiger charge is 2.23. The number of hydrogen-bond acceptors (Lipinski definition) is 1. The second-order valence-corrected chi connectivity index (χ2v) is 7.31. The topological polar surface area (TPSA) is 3.24 Å². The van der Waals surface area contributed by atoms with Crippen molar-refractivity contribution in [3.63, 3.8) is 0 Å². The lowest BCUT2D eigenvalue weighted by molar-refractivity contribution is 0.356. The van der Waals surface area contributed by atoms with Crippen molar-refractivity contribution >= 4 is 5.57 Å². The van der Waals surface area contributed by atoms with Crippen LogP contribution in [0.15, 0.2) is 90.3 Å². The molecule has 3 aliphatic rings. The predicted octanol–water partition coefficient (Wildman–Crippen LogP) is 6.48. The van der Waals surface area contributed by atoms with E-state index in [1.807, 2.05) is 0 Å². The zero-order chi connectivity index (χ0) is 17.8. The van der Waals surface area contributed by atoms with Crippen LogP contribution in [0.1, 0.15) is 43.2 Å². The standard InChI is InChI=1S/C25H27N/c1-20-12-14-21(15-13-20)22-16-18-25(19-17-22)26(23-8-4-2-5-9-23)24-10-6-3-7-11-24/h2,4-6,8,10-16,18,23H,3,7,9,17,19H2,1H3. The van der Waals surface area contributed by atoms with Crippen molar-refractivity contribution in [3.8, 4) is 0 Å². The van der Waals surface area contributed by atoms with Crippen molar-refractivity contribution in [3.05, 3.63) is 101 Å². The summed E-state index contributed by atoms with van der Waals surface area (Å²) in [5, 5.41) is 0. The SMILES string of the molecule is Cc1ccc(C2=CC=C(N(C3=CCCC=C3)C3C=CC=CC3)CC2)cc1. The third kappa shape index (κ3) is 3.67. The lowest BCUT2D eigenvalue weighted by Gasteiger charge is -2.37. The van der Waals surface area contributed by atoms with E-state index in [4.69, 9.17) is 0 Å². The van der Waals surface area contributed by atoms with Gasteiger partial charge >= 0.3 is 0 Å². The van der Waals surface area contributed by atoms with Gasteiger partial charge in [0.1, 0.15) is 0 Å². The normalized spacial score (nSPS) is 21.9. The molecule has 0 saturated heterocycles. The molecular formula is C25H27N. The molecule has 1 nitrogen and oxygen atoms in total. The molecule has 0 saturated carbocycles. The van der Waals surface area contributed by atoms with Crippen LogP contribution in [0, 0.1) is 6.92 Å². The molecule has 0 radical (unpaired) electrons. The average Bonchev–Trinajstić information content (AvgIpc) is 2.71. The van der Waals surface area contributed by atoms with Gasteiger partial charge in [0.25, 0.3) is 0 Å². The minimum Gasteiger partial charge on any atom is -0.338 e. The summed E-state index contributed by atoms with van der Waals surface area (Å²) in [5.74, 6) is 0. The van der Waals surface area contributed by atoms with Crippen LogP contribution in [0.3, 0.4) is 0 Å². The summed E-state index contributed by atoms with van der Waals surface area (Å²) >= 11 is 0. The van der Waals surface area contributed by atoms with Gasteiger partial charge in [-0.05, 0) is 62.3 Å². The highest BCUT2D eigenvalue weighted by molar-refractivity contribution is 5.69. The van der Waals surface area contributed by atoms with Crippen molar-refractivity contribution in [2.24, 2.45) is 0 Å². The smallest absolute Gasteiger partial charge is 0.0556 e. The van der Waals surface area contributed by atoms with Crippen LogP contribution < -0.4 is 0 Å². The van der Waals surface area contributed by atoms with Crippen LogP contribution in [-0.4, -0.2) is 10.9 Å². The van der Waals surface area contributed by atoms with E-state index in [9.17, 15) is 0 Å². The van der Waals surface area contributed by atoms with Gasteiger partial charge in [0.05, 0.1) is 6.04 Å². The maximum absolute atomic E-state index is 2.55. The molecule has 0 fully saturated rings. The molecule has 132 valence electrons. The van der Waals surface area contributed by atoms with Gasteiger partial charge < -0.3 is 4.90 Å². The molecular weight excluding hydrogens is 314 g/mol. The third-order valence-electron chi connectivity index (χ3n) is 5.40. The van der Waals surface area contributed by atoms with Crippen LogP contribution in [0.2, 0.25) is 0 Å². The number of rotatable bonds is 4. The Labute approximate surface area is 157 Å². The molecule has 0 spiro atoms. The van der Waals surface area contributed by atoms with Gasteiger partial charge in [0, 0.05) is 11.4 Å². The number of aryl methyl sites for hydroxylation is 1. The highest BCUT2D eigenvalue weighted by Crippen LogP contribution is 2.34. The molecule has 4 rings (SSSR count). The second kappa shape index (κ2) is 7.78. The van der Waals surface area contributed by atoms with E-state index in [0.717, 1.165) is 32.1 Å². The molecule has 1 aromatic rings. The third-order valence-corrected chi connectivity index (χ3v) is 5.40. The van der Waals surface area contributed by atoms with E-state index in [1.54, 1.807) is 0 Å². The maximum Gasteiger partial charge on any atom is 0.0556 e. The summed E-state index contributed by atoms with van der Waals surface area (Å²) < 4.78 is 0. The second-order valence-electron chi connectivity index (χ2n) is 7.31. The fourth-order valence-electron chi connectivity index (χ4n) is 3.94. The molecule has 0 N–H and O–H groups in total. The van der Waals surface area contributed by atoms with Gasteiger partial charge in [-0.3, -0.25) is 0 Å². The monoisotopic (exact) mass is 341 g/mol. The molecule has 0 bridgehead atoms. The molecule has 1 heteroatoms. The van der Waals surface area contributed by atoms with Crippen molar-refractivity contribution in [2.75, 3.05) is 0 Å². The average molecular weight is 341 g/mol. The summed E-state index contributed by atoms with van der Waals surface area (Å²) in [5.41, 5.74) is 6.92. The van der Waals surface area contributed by atoms with Gasteiger partial charge in [-0.2, -0.15) is 0 Å². The quantitative estimate of drug-likeness (QED) is 0.606. The summed E-state index contributed by atoms with van der Waals surface area (Å²) in [6, 6.07) is 9.34. The van der Waals surface area contributed by atoms with E-state index in [0.29, 0.717) is 6.04 Å². The van der Waals surface area contributed by atoms with E-state index >= 15 is 0 Å². The Kier molecular flexibility index (Phi) is 5.06. The predicted molar refractivity (Wildman–Crippen MR) is 111 cm³/mol. The van der Waals surface area contributed by atoms with E-state index < -0.39 is 0 Å². The number of hydrogen-bond donors (Lipinski definition) is 0. The van der Waals surface area contributed by atoms with Crippen LogP contribution in [0.5, 0.6) is 0 Å². The fraction of sp³-hybridized carbons (Fsp3) is 0.280. The molecule has 0 aliphatic heterocycles. The highest BCUT2D eigenvalue weighted by atomic mass is 15.2. The molecule has 0 aromatic heterocycles. The fourth-order valence-corrected chi connectivity index (χ4v) is 3.94. The summed E-state index contributed by atoms with van der Waals surface area (Å²) in [6.07, 6.45) is 26.2. The largest absolute Gasteiger partial charge is 0.338 e. The van der Waals surface area contributed by atoms with Gasteiger partial charge in [-0.1, -0.05) is 72.4 Å². The number of nitrogens with zero attached hydrogens (tertiary/aromatic N) is 1. The molecule has 0 amide bonds. The Balaban J connectivity index is 1.62. The Hall–Kier alpha value is -2.54. The Morgan fingerprint density at radius 3 is 2.46 bits per heavy atom. The van der Waals surface area contributed by atoms with Crippen LogP contribution in [-0.2, 0) is 0 Å². The number of benzene rings is 1. The lowest BCUT2D eigenvalue weighted by atomic mass is 9.93. The molecule has 3 aliphatic carbocycles. The van der Waals surface area contributed by atoms with Gasteiger partial charge in [-0.15, -0.1) is 0 Å². The van der Waals surface area contributed by atoms with Crippen molar-refractivity contribution in [1.82, 2.24) is 4.90 Å².